The van der Waals surface area contributed by atoms with Crippen LogP contribution in [0.5, 0.6) is 5.88 Å². The van der Waals surface area contributed by atoms with E-state index in [-0.39, 0.29) is 23.8 Å². The van der Waals surface area contributed by atoms with E-state index < -0.39 is 0 Å². The van der Waals surface area contributed by atoms with Crippen LogP contribution in [0.2, 0.25) is 0 Å². The average molecular weight is 484 g/mol. The van der Waals surface area contributed by atoms with Crippen molar-refractivity contribution in [1.29, 1.82) is 0 Å². The van der Waals surface area contributed by atoms with Crippen LogP contribution >= 0.6 is 0 Å². The summed E-state index contributed by atoms with van der Waals surface area (Å²) in [5, 5.41) is 3.68. The maximum atomic E-state index is 14.7. The number of carbonyl (C=O) groups excluding carboxylic acids is 1. The molecule has 0 saturated heterocycles. The van der Waals surface area contributed by atoms with Gasteiger partial charge in [-0.1, -0.05) is 30.7 Å². The Morgan fingerprint density at radius 1 is 1.08 bits per heavy atom. The molecule has 2 saturated carbocycles. The molecule has 6 rings (SSSR count). The molecule has 1 atom stereocenters. The molecule has 184 valence electrons. The molecule has 2 aromatic heterocycles. The van der Waals surface area contributed by atoms with Crippen LogP contribution in [-0.2, 0) is 0 Å². The molecule has 1 N–H and O–H groups in total. The van der Waals surface area contributed by atoms with E-state index in [1.165, 1.54) is 25.3 Å². The molecular weight excluding hydrogens is 453 g/mol. The number of aromatic nitrogens is 2. The van der Waals surface area contributed by atoms with Crippen molar-refractivity contribution in [2.75, 3.05) is 7.11 Å². The summed E-state index contributed by atoms with van der Waals surface area (Å²) >= 11 is 0. The zero-order valence-corrected chi connectivity index (χ0v) is 20.6. The lowest BCUT2D eigenvalue weighted by molar-refractivity contribution is -0.000603. The van der Waals surface area contributed by atoms with Gasteiger partial charge < -0.3 is 14.6 Å². The first-order valence-corrected chi connectivity index (χ1v) is 12.7. The third-order valence-electron chi connectivity index (χ3n) is 8.27. The Labute approximate surface area is 210 Å². The fourth-order valence-electron chi connectivity index (χ4n) is 5.98. The molecule has 0 bridgehead atoms. The van der Waals surface area contributed by atoms with E-state index in [2.05, 4.69) is 41.5 Å². The number of hydrogen-bond acceptors (Lipinski definition) is 3. The number of carbonyl (C=O) groups is 1. The Kier molecular flexibility index (Phi) is 5.55. The Hall–Kier alpha value is -3.67. The number of fused-ring (bicyclic) bond motifs is 1. The molecule has 0 radical (unpaired) electrons. The Morgan fingerprint density at radius 3 is 2.47 bits per heavy atom. The maximum absolute atomic E-state index is 14.7. The molecule has 2 heterocycles. The molecule has 2 aromatic carbocycles. The van der Waals surface area contributed by atoms with Crippen LogP contribution in [0.25, 0.3) is 22.0 Å². The molecule has 0 aliphatic heterocycles. The van der Waals surface area contributed by atoms with E-state index in [4.69, 9.17) is 4.74 Å². The van der Waals surface area contributed by atoms with E-state index in [1.807, 2.05) is 22.9 Å². The molecule has 6 heteroatoms. The number of benzene rings is 2. The number of pyridine rings is 1. The normalized spacial score (nSPS) is 17.4. The van der Waals surface area contributed by atoms with Gasteiger partial charge in [-0.15, -0.1) is 0 Å². The summed E-state index contributed by atoms with van der Waals surface area (Å²) in [5.74, 6) is 0.149. The van der Waals surface area contributed by atoms with Crippen molar-refractivity contribution >= 4 is 16.8 Å². The maximum Gasteiger partial charge on any atom is 0.253 e. The highest BCUT2D eigenvalue weighted by atomic mass is 19.1. The Balaban J connectivity index is 1.27. The van der Waals surface area contributed by atoms with Gasteiger partial charge in [0.2, 0.25) is 5.88 Å². The molecule has 36 heavy (non-hydrogen) atoms. The van der Waals surface area contributed by atoms with Gasteiger partial charge in [-0.05, 0) is 73.4 Å². The molecule has 5 nitrogen and oxygen atoms in total. The molecule has 2 fully saturated rings. The van der Waals surface area contributed by atoms with Crippen molar-refractivity contribution in [2.24, 2.45) is 5.41 Å². The van der Waals surface area contributed by atoms with Crippen LogP contribution in [0.3, 0.4) is 0 Å². The minimum Gasteiger partial charge on any atom is -0.481 e. The van der Waals surface area contributed by atoms with Gasteiger partial charge in [-0.3, -0.25) is 4.79 Å². The number of ether oxygens (including phenoxy) is 1. The predicted octanol–water partition coefficient (Wildman–Crippen LogP) is 6.52. The van der Waals surface area contributed by atoms with Gasteiger partial charge in [0.1, 0.15) is 5.82 Å². The van der Waals surface area contributed by atoms with Crippen LogP contribution in [0.1, 0.15) is 61.0 Å². The number of rotatable bonds is 6. The Morgan fingerprint density at radius 2 is 1.83 bits per heavy atom. The first-order chi connectivity index (χ1) is 17.5. The number of amides is 1. The summed E-state index contributed by atoms with van der Waals surface area (Å²) in [6.07, 6.45) is 9.68. The summed E-state index contributed by atoms with van der Waals surface area (Å²) < 4.78 is 21.9. The van der Waals surface area contributed by atoms with Crippen LogP contribution in [-0.4, -0.2) is 28.6 Å². The van der Waals surface area contributed by atoms with Gasteiger partial charge in [0.05, 0.1) is 24.2 Å². The number of methoxy groups -OCH3 is 1. The van der Waals surface area contributed by atoms with Crippen LogP contribution in [0.15, 0.2) is 67.0 Å². The van der Waals surface area contributed by atoms with Gasteiger partial charge in [-0.25, -0.2) is 9.37 Å². The SMILES string of the molecule is COc1ccc(-c2ccc(C(C)n3ccc4c(F)ccc(C(=O)NC5CC6(CCC6)C5)c43)cc2)cn1. The highest BCUT2D eigenvalue weighted by molar-refractivity contribution is 6.06. The quantitative estimate of drug-likeness (QED) is 0.340. The third kappa shape index (κ3) is 3.85. The van der Waals surface area contributed by atoms with Crippen molar-refractivity contribution < 1.29 is 13.9 Å². The predicted molar refractivity (Wildman–Crippen MR) is 139 cm³/mol. The van der Waals surface area contributed by atoms with Crippen LogP contribution in [0, 0.1) is 11.2 Å². The molecular formula is C30H30FN3O2. The van der Waals surface area contributed by atoms with E-state index in [9.17, 15) is 9.18 Å². The highest BCUT2D eigenvalue weighted by Crippen LogP contribution is 2.55. The van der Waals surface area contributed by atoms with Crippen molar-refractivity contribution in [3.63, 3.8) is 0 Å². The fraction of sp³-hybridized carbons (Fsp3) is 0.333. The zero-order valence-electron chi connectivity index (χ0n) is 20.6. The van der Waals surface area contributed by atoms with Crippen molar-refractivity contribution in [2.45, 2.75) is 51.1 Å². The molecule has 4 aromatic rings. The molecule has 1 unspecified atom stereocenters. The lowest BCUT2D eigenvalue weighted by Gasteiger charge is -2.54. The van der Waals surface area contributed by atoms with Crippen LogP contribution < -0.4 is 10.1 Å². The van der Waals surface area contributed by atoms with Gasteiger partial charge in [0.25, 0.3) is 5.91 Å². The average Bonchev–Trinajstić information content (AvgIpc) is 3.31. The second-order valence-electron chi connectivity index (χ2n) is 10.4. The number of nitrogens with zero attached hydrogens (tertiary/aromatic N) is 2. The summed E-state index contributed by atoms with van der Waals surface area (Å²) in [7, 11) is 1.60. The molecule has 1 amide bonds. The summed E-state index contributed by atoms with van der Waals surface area (Å²) in [4.78, 5) is 17.6. The van der Waals surface area contributed by atoms with Crippen molar-refractivity contribution in [1.82, 2.24) is 14.9 Å². The van der Waals surface area contributed by atoms with E-state index in [0.717, 1.165) is 29.5 Å². The number of hydrogen-bond donors (Lipinski definition) is 1. The van der Waals surface area contributed by atoms with Crippen molar-refractivity contribution in [3.8, 4) is 17.0 Å². The standard InChI is InChI=1S/C30H30FN3O2/c1-19(20-4-6-21(7-5-20)22-8-11-27(36-2)32-18-22)34-15-12-24-26(31)10-9-25(28(24)34)29(35)33-23-16-30(17-23)13-3-14-30/h4-12,15,18-19,23H,3,13-14,16-17H2,1-2H3,(H,33,35). The second kappa shape index (κ2) is 8.77. The largest absolute Gasteiger partial charge is 0.481 e. The fourth-order valence-corrected chi connectivity index (χ4v) is 5.98. The smallest absolute Gasteiger partial charge is 0.253 e. The molecule has 1 spiro atoms. The summed E-state index contributed by atoms with van der Waals surface area (Å²) in [5.41, 5.74) is 4.77. The first-order valence-electron chi connectivity index (χ1n) is 12.7. The minimum absolute atomic E-state index is 0.0826. The number of halogens is 1. The van der Waals surface area contributed by atoms with E-state index in [1.54, 1.807) is 25.4 Å². The molecule has 2 aliphatic carbocycles. The first kappa shape index (κ1) is 22.8. The van der Waals surface area contributed by atoms with Gasteiger partial charge in [0, 0.05) is 35.5 Å². The number of nitrogens with one attached hydrogen (secondary N) is 1. The third-order valence-corrected chi connectivity index (χ3v) is 8.27. The zero-order chi connectivity index (χ0) is 24.9. The summed E-state index contributed by atoms with van der Waals surface area (Å²) in [6, 6.07) is 17.0. The van der Waals surface area contributed by atoms with E-state index in [0.29, 0.717) is 27.8 Å². The lowest BCUT2D eigenvalue weighted by Crippen LogP contribution is -2.53. The van der Waals surface area contributed by atoms with Crippen LogP contribution in [0.4, 0.5) is 4.39 Å². The van der Waals surface area contributed by atoms with Crippen molar-refractivity contribution in [3.05, 3.63) is 83.9 Å². The summed E-state index contributed by atoms with van der Waals surface area (Å²) in [6.45, 7) is 2.07. The van der Waals surface area contributed by atoms with Gasteiger partial charge >= 0.3 is 0 Å². The lowest BCUT2D eigenvalue weighted by atomic mass is 9.54. The second-order valence-corrected chi connectivity index (χ2v) is 10.4. The Bertz CT molecular complexity index is 1410. The van der Waals surface area contributed by atoms with E-state index >= 15 is 0 Å². The molecule has 2 aliphatic rings. The monoisotopic (exact) mass is 483 g/mol. The highest BCUT2D eigenvalue weighted by Gasteiger charge is 2.48. The topological polar surface area (TPSA) is 56.1 Å². The minimum atomic E-state index is -0.313. The van der Waals surface area contributed by atoms with Gasteiger partial charge in [-0.2, -0.15) is 0 Å². The van der Waals surface area contributed by atoms with Gasteiger partial charge in [0.15, 0.2) is 0 Å².